The van der Waals surface area contributed by atoms with Gasteiger partial charge < -0.3 is 4.74 Å². The van der Waals surface area contributed by atoms with E-state index in [2.05, 4.69) is 0 Å². The van der Waals surface area contributed by atoms with Crippen LogP contribution in [0.1, 0.15) is 11.1 Å². The number of benzene rings is 1. The lowest BCUT2D eigenvalue weighted by Gasteiger charge is -2.03. The van der Waals surface area contributed by atoms with Gasteiger partial charge in [0.05, 0.1) is 23.7 Å². The van der Waals surface area contributed by atoms with Gasteiger partial charge in [-0.05, 0) is 6.07 Å². The summed E-state index contributed by atoms with van der Waals surface area (Å²) >= 11 is 0. The van der Waals surface area contributed by atoms with Crippen molar-refractivity contribution in [3.05, 3.63) is 33.4 Å². The summed E-state index contributed by atoms with van der Waals surface area (Å²) in [6.45, 7) is 0. The van der Waals surface area contributed by atoms with E-state index < -0.39 is 4.92 Å². The molecule has 0 amide bonds. The van der Waals surface area contributed by atoms with Crippen LogP contribution in [0.5, 0.6) is 5.75 Å². The predicted molar refractivity (Wildman–Crippen MR) is 49.1 cm³/mol. The molecule has 0 heterocycles. The van der Waals surface area contributed by atoms with Crippen LogP contribution in [0.2, 0.25) is 0 Å². The zero-order chi connectivity index (χ0) is 11.4. The van der Waals surface area contributed by atoms with Gasteiger partial charge in [0.25, 0.3) is 0 Å². The first-order valence-electron chi connectivity index (χ1n) is 3.80. The Hall–Kier alpha value is -2.60. The van der Waals surface area contributed by atoms with E-state index in [1.165, 1.54) is 13.2 Å². The van der Waals surface area contributed by atoms with E-state index in [1.807, 2.05) is 0 Å². The van der Waals surface area contributed by atoms with Crippen LogP contribution in [0.25, 0.3) is 0 Å². The zero-order valence-electron chi connectivity index (χ0n) is 7.72. The largest absolute Gasteiger partial charge is 0.489 e. The number of rotatable bonds is 2. The van der Waals surface area contributed by atoms with Crippen LogP contribution >= 0.6 is 0 Å². The van der Waals surface area contributed by atoms with Crippen molar-refractivity contribution in [2.75, 3.05) is 7.11 Å². The topological polar surface area (TPSA) is 99.9 Å². The Morgan fingerprint density at radius 1 is 1.40 bits per heavy atom. The minimum Gasteiger partial charge on any atom is -0.489 e. The molecule has 0 bridgehead atoms. The van der Waals surface area contributed by atoms with Gasteiger partial charge in [-0.15, -0.1) is 0 Å². The van der Waals surface area contributed by atoms with Crippen molar-refractivity contribution in [2.45, 2.75) is 0 Å². The van der Waals surface area contributed by atoms with Crippen LogP contribution in [0.15, 0.2) is 12.1 Å². The van der Waals surface area contributed by atoms with Gasteiger partial charge in [0.2, 0.25) is 5.75 Å². The molecule has 1 aromatic carbocycles. The van der Waals surface area contributed by atoms with Crippen molar-refractivity contribution in [1.29, 1.82) is 10.5 Å². The number of methoxy groups -OCH3 is 1. The normalized spacial score (nSPS) is 8.73. The molecule has 0 unspecified atom stereocenters. The Morgan fingerprint density at radius 2 is 2.07 bits per heavy atom. The number of hydrogen-bond donors (Lipinski definition) is 0. The summed E-state index contributed by atoms with van der Waals surface area (Å²) in [6.07, 6.45) is 0. The zero-order valence-corrected chi connectivity index (χ0v) is 7.72. The highest BCUT2D eigenvalue weighted by molar-refractivity contribution is 5.60. The number of nitriles is 2. The first-order chi connectivity index (χ1) is 7.13. The highest BCUT2D eigenvalue weighted by Gasteiger charge is 2.20. The van der Waals surface area contributed by atoms with Crippen molar-refractivity contribution in [2.24, 2.45) is 0 Å². The van der Waals surface area contributed by atoms with Crippen molar-refractivity contribution in [3.8, 4) is 17.9 Å². The third-order valence-electron chi connectivity index (χ3n) is 1.72. The molecule has 6 nitrogen and oxygen atoms in total. The molecule has 0 aliphatic rings. The van der Waals surface area contributed by atoms with Crippen LogP contribution in [0.4, 0.5) is 5.69 Å². The fourth-order valence-corrected chi connectivity index (χ4v) is 1.11. The van der Waals surface area contributed by atoms with Crippen LogP contribution < -0.4 is 4.74 Å². The minimum atomic E-state index is -0.694. The summed E-state index contributed by atoms with van der Waals surface area (Å²) in [7, 11) is 1.23. The van der Waals surface area contributed by atoms with E-state index in [-0.39, 0.29) is 22.6 Å². The van der Waals surface area contributed by atoms with Crippen LogP contribution in [0.3, 0.4) is 0 Å². The lowest BCUT2D eigenvalue weighted by atomic mass is 10.1. The van der Waals surface area contributed by atoms with E-state index in [4.69, 9.17) is 15.3 Å². The van der Waals surface area contributed by atoms with E-state index >= 15 is 0 Å². The molecule has 0 aliphatic carbocycles. The summed E-state index contributed by atoms with van der Waals surface area (Å²) in [6, 6.07) is 5.78. The number of ether oxygens (including phenoxy) is 1. The first kappa shape index (κ1) is 10.5. The van der Waals surface area contributed by atoms with Gasteiger partial charge in [-0.2, -0.15) is 10.5 Å². The Labute approximate surface area is 85.1 Å². The molecule has 1 aromatic rings. The Balaban J connectivity index is 3.57. The second-order valence-corrected chi connectivity index (χ2v) is 2.56. The molecule has 15 heavy (non-hydrogen) atoms. The molecule has 0 fully saturated rings. The predicted octanol–water partition coefficient (Wildman–Crippen LogP) is 1.35. The summed E-state index contributed by atoms with van der Waals surface area (Å²) in [5.41, 5.74) is -0.351. The fraction of sp³-hybridized carbons (Fsp3) is 0.111. The number of nitro groups is 1. The molecular formula is C9H5N3O3. The molecule has 0 aliphatic heterocycles. The molecule has 0 N–H and O–H groups in total. The number of nitro benzene ring substituents is 1. The van der Waals surface area contributed by atoms with Gasteiger partial charge in [0, 0.05) is 6.07 Å². The van der Waals surface area contributed by atoms with Crippen LogP contribution in [-0.2, 0) is 0 Å². The maximum Gasteiger partial charge on any atom is 0.313 e. The third kappa shape index (κ3) is 1.84. The second-order valence-electron chi connectivity index (χ2n) is 2.56. The summed E-state index contributed by atoms with van der Waals surface area (Å²) < 4.78 is 4.75. The monoisotopic (exact) mass is 203 g/mol. The van der Waals surface area contributed by atoms with Crippen LogP contribution in [0, 0.1) is 32.8 Å². The summed E-state index contributed by atoms with van der Waals surface area (Å²) in [4.78, 5) is 9.93. The first-order valence-corrected chi connectivity index (χ1v) is 3.80. The Morgan fingerprint density at radius 3 is 2.47 bits per heavy atom. The molecule has 6 heteroatoms. The van der Waals surface area contributed by atoms with Gasteiger partial charge in [0.15, 0.2) is 0 Å². The van der Waals surface area contributed by atoms with Crippen molar-refractivity contribution in [1.82, 2.24) is 0 Å². The second kappa shape index (κ2) is 4.07. The van der Waals surface area contributed by atoms with Gasteiger partial charge >= 0.3 is 5.69 Å². The maximum absolute atomic E-state index is 10.6. The quantitative estimate of drug-likeness (QED) is 0.533. The van der Waals surface area contributed by atoms with Crippen molar-refractivity contribution < 1.29 is 9.66 Å². The fourth-order valence-electron chi connectivity index (χ4n) is 1.11. The highest BCUT2D eigenvalue weighted by Crippen LogP contribution is 2.31. The maximum atomic E-state index is 10.6. The van der Waals surface area contributed by atoms with Crippen LogP contribution in [-0.4, -0.2) is 12.0 Å². The molecule has 0 atom stereocenters. The molecule has 0 spiro atoms. The molecule has 0 saturated carbocycles. The van der Waals surface area contributed by atoms with Gasteiger partial charge in [-0.1, -0.05) is 0 Å². The lowest BCUT2D eigenvalue weighted by molar-refractivity contribution is -0.385. The smallest absolute Gasteiger partial charge is 0.313 e. The molecule has 0 radical (unpaired) electrons. The van der Waals surface area contributed by atoms with Crippen molar-refractivity contribution in [3.63, 3.8) is 0 Å². The van der Waals surface area contributed by atoms with Gasteiger partial charge in [-0.25, -0.2) is 0 Å². The average Bonchev–Trinajstić information content (AvgIpc) is 2.26. The van der Waals surface area contributed by atoms with Crippen molar-refractivity contribution >= 4 is 5.69 Å². The minimum absolute atomic E-state index is 0.0248. The SMILES string of the molecule is COc1c(C#N)cc(C#N)cc1[N+](=O)[O-]. The molecule has 74 valence electrons. The molecular weight excluding hydrogens is 198 g/mol. The Kier molecular flexibility index (Phi) is 2.85. The summed E-state index contributed by atoms with van der Waals surface area (Å²) in [5.74, 6) is -0.124. The Bertz CT molecular complexity index is 497. The third-order valence-corrected chi connectivity index (χ3v) is 1.72. The van der Waals surface area contributed by atoms with Gasteiger partial charge in [0.1, 0.15) is 11.6 Å². The number of nitrogens with zero attached hydrogens (tertiary/aromatic N) is 3. The average molecular weight is 203 g/mol. The van der Waals surface area contributed by atoms with E-state index in [0.29, 0.717) is 0 Å². The molecule has 1 rings (SSSR count). The lowest BCUT2D eigenvalue weighted by Crippen LogP contribution is -1.97. The molecule has 0 aromatic heterocycles. The van der Waals surface area contributed by atoms with E-state index in [0.717, 1.165) is 6.07 Å². The molecule has 0 saturated heterocycles. The van der Waals surface area contributed by atoms with Gasteiger partial charge in [-0.3, -0.25) is 10.1 Å². The summed E-state index contributed by atoms with van der Waals surface area (Å²) in [5, 5.41) is 27.9. The standard InChI is InChI=1S/C9H5N3O3/c1-15-9-7(5-11)2-6(4-10)3-8(9)12(13)14/h2-3H,1H3. The van der Waals surface area contributed by atoms with E-state index in [9.17, 15) is 10.1 Å². The highest BCUT2D eigenvalue weighted by atomic mass is 16.6. The number of hydrogen-bond acceptors (Lipinski definition) is 5. The van der Waals surface area contributed by atoms with E-state index in [1.54, 1.807) is 12.1 Å².